The highest BCUT2D eigenvalue weighted by Gasteiger charge is 2.36. The van der Waals surface area contributed by atoms with Gasteiger partial charge in [-0.25, -0.2) is 4.99 Å². The Hall–Kier alpha value is -2.51. The van der Waals surface area contributed by atoms with Gasteiger partial charge in [-0.2, -0.15) is 0 Å². The van der Waals surface area contributed by atoms with Crippen LogP contribution in [-0.2, 0) is 9.59 Å². The van der Waals surface area contributed by atoms with Crippen molar-refractivity contribution in [1.29, 1.82) is 0 Å². The molecule has 1 unspecified atom stereocenters. The van der Waals surface area contributed by atoms with Crippen molar-refractivity contribution < 1.29 is 14.3 Å². The lowest BCUT2D eigenvalue weighted by atomic mass is 10.2. The Balaban J connectivity index is 1.65. The fourth-order valence-corrected chi connectivity index (χ4v) is 3.76. The number of methoxy groups -OCH3 is 1. The number of thioether (sulfide) groups is 1. The van der Waals surface area contributed by atoms with E-state index in [0.29, 0.717) is 21.6 Å². The number of nitrogens with one attached hydrogen (secondary N) is 1. The van der Waals surface area contributed by atoms with Gasteiger partial charge < -0.3 is 10.1 Å². The molecule has 1 atom stereocenters. The summed E-state index contributed by atoms with van der Waals surface area (Å²) < 4.78 is 5.12. The molecule has 27 heavy (non-hydrogen) atoms. The molecule has 0 saturated carbocycles. The van der Waals surface area contributed by atoms with E-state index in [1.807, 2.05) is 12.1 Å². The predicted octanol–water partition coefficient (Wildman–Crippen LogP) is 3.94. The van der Waals surface area contributed by atoms with E-state index in [1.54, 1.807) is 50.6 Å². The Morgan fingerprint density at radius 2 is 1.89 bits per heavy atom. The van der Waals surface area contributed by atoms with E-state index in [-0.39, 0.29) is 18.2 Å². The molecule has 1 aliphatic heterocycles. The summed E-state index contributed by atoms with van der Waals surface area (Å²) in [4.78, 5) is 30.7. The van der Waals surface area contributed by atoms with Gasteiger partial charge >= 0.3 is 0 Å². The minimum absolute atomic E-state index is 0.0676. The highest BCUT2D eigenvalue weighted by molar-refractivity contribution is 8.15. The summed E-state index contributed by atoms with van der Waals surface area (Å²) in [6.45, 7) is 0. The average Bonchev–Trinajstić information content (AvgIpc) is 2.92. The van der Waals surface area contributed by atoms with Crippen molar-refractivity contribution in [2.24, 2.45) is 4.99 Å². The molecule has 1 aliphatic rings. The van der Waals surface area contributed by atoms with E-state index >= 15 is 0 Å². The number of carbonyl (C=O) groups excluding carboxylic acids is 2. The van der Waals surface area contributed by atoms with Gasteiger partial charge in [0.15, 0.2) is 5.17 Å². The molecule has 0 aromatic heterocycles. The van der Waals surface area contributed by atoms with Gasteiger partial charge in [-0.15, -0.1) is 0 Å². The van der Waals surface area contributed by atoms with E-state index in [0.717, 1.165) is 5.75 Å². The summed E-state index contributed by atoms with van der Waals surface area (Å²) in [6, 6.07) is 14.0. The van der Waals surface area contributed by atoms with Gasteiger partial charge in [-0.1, -0.05) is 23.4 Å². The zero-order chi connectivity index (χ0) is 19.4. The fraction of sp³-hybridized carbons (Fsp3) is 0.211. The normalized spacial score (nSPS) is 18.0. The van der Waals surface area contributed by atoms with Crippen LogP contribution in [0.1, 0.15) is 6.42 Å². The van der Waals surface area contributed by atoms with Gasteiger partial charge in [-0.05, 0) is 48.5 Å². The molecule has 140 valence electrons. The topological polar surface area (TPSA) is 71.0 Å². The monoisotopic (exact) mass is 403 g/mol. The van der Waals surface area contributed by atoms with E-state index in [9.17, 15) is 9.59 Å². The number of benzene rings is 2. The molecule has 8 heteroatoms. The molecular weight excluding hydrogens is 386 g/mol. The largest absolute Gasteiger partial charge is 0.497 e. The van der Waals surface area contributed by atoms with Crippen LogP contribution in [0.3, 0.4) is 0 Å². The minimum Gasteiger partial charge on any atom is -0.497 e. The van der Waals surface area contributed by atoms with Crippen LogP contribution in [0.15, 0.2) is 53.5 Å². The summed E-state index contributed by atoms with van der Waals surface area (Å²) in [7, 11) is 3.26. The van der Waals surface area contributed by atoms with Crippen molar-refractivity contribution in [2.45, 2.75) is 11.7 Å². The third-order valence-corrected chi connectivity index (χ3v) is 5.42. The summed E-state index contributed by atoms with van der Waals surface area (Å²) in [5.41, 5.74) is 1.35. The van der Waals surface area contributed by atoms with Crippen LogP contribution >= 0.6 is 23.4 Å². The van der Waals surface area contributed by atoms with E-state index < -0.39 is 5.25 Å². The summed E-state index contributed by atoms with van der Waals surface area (Å²) in [5, 5.41) is 3.43. The van der Waals surface area contributed by atoms with Gasteiger partial charge in [0.05, 0.1) is 12.8 Å². The first kappa shape index (κ1) is 19.3. The number of amidine groups is 1. The number of hydrogen-bond donors (Lipinski definition) is 1. The van der Waals surface area contributed by atoms with Crippen molar-refractivity contribution in [3.05, 3.63) is 53.6 Å². The van der Waals surface area contributed by atoms with Gasteiger partial charge in [0.1, 0.15) is 11.0 Å². The highest BCUT2D eigenvalue weighted by Crippen LogP contribution is 2.31. The third kappa shape index (κ3) is 4.81. The zero-order valence-corrected chi connectivity index (χ0v) is 16.4. The number of ether oxygens (including phenoxy) is 1. The second-order valence-electron chi connectivity index (χ2n) is 5.86. The lowest BCUT2D eigenvalue weighted by molar-refractivity contribution is -0.127. The maximum absolute atomic E-state index is 12.4. The van der Waals surface area contributed by atoms with Crippen molar-refractivity contribution >= 4 is 51.7 Å². The number of halogens is 1. The Morgan fingerprint density at radius 1 is 1.22 bits per heavy atom. The van der Waals surface area contributed by atoms with Gasteiger partial charge in [0.25, 0.3) is 0 Å². The molecule has 0 bridgehead atoms. The van der Waals surface area contributed by atoms with Crippen LogP contribution in [0.4, 0.5) is 11.4 Å². The van der Waals surface area contributed by atoms with Crippen molar-refractivity contribution in [3.8, 4) is 5.75 Å². The van der Waals surface area contributed by atoms with Crippen LogP contribution in [-0.4, -0.2) is 41.3 Å². The first-order valence-corrected chi connectivity index (χ1v) is 9.44. The molecule has 6 nitrogen and oxygen atoms in total. The number of nitrogens with zero attached hydrogens (tertiary/aromatic N) is 2. The average molecular weight is 404 g/mol. The number of hydrogen-bond acceptors (Lipinski definition) is 5. The minimum atomic E-state index is -0.501. The van der Waals surface area contributed by atoms with Gasteiger partial charge in [0, 0.05) is 24.2 Å². The number of carbonyl (C=O) groups is 2. The van der Waals surface area contributed by atoms with Crippen LogP contribution < -0.4 is 10.1 Å². The molecule has 1 saturated heterocycles. The maximum Gasteiger partial charge on any atom is 0.242 e. The van der Waals surface area contributed by atoms with Crippen molar-refractivity contribution in [1.82, 2.24) is 4.90 Å². The number of amides is 2. The number of rotatable bonds is 5. The molecule has 2 aromatic rings. The lowest BCUT2D eigenvalue weighted by Gasteiger charge is -2.09. The van der Waals surface area contributed by atoms with Crippen LogP contribution in [0.25, 0.3) is 0 Å². The molecule has 1 heterocycles. The smallest absolute Gasteiger partial charge is 0.242 e. The Kier molecular flexibility index (Phi) is 6.03. The Labute approximate surface area is 166 Å². The number of anilines is 1. The lowest BCUT2D eigenvalue weighted by Crippen LogP contribution is -2.30. The Morgan fingerprint density at radius 3 is 2.52 bits per heavy atom. The van der Waals surface area contributed by atoms with Crippen LogP contribution in [0.2, 0.25) is 5.02 Å². The van der Waals surface area contributed by atoms with Crippen molar-refractivity contribution in [2.75, 3.05) is 19.5 Å². The fourth-order valence-electron chi connectivity index (χ4n) is 2.48. The van der Waals surface area contributed by atoms with Gasteiger partial charge in [0.2, 0.25) is 11.8 Å². The molecule has 2 aromatic carbocycles. The van der Waals surface area contributed by atoms with Crippen LogP contribution in [0, 0.1) is 0 Å². The molecule has 0 aliphatic carbocycles. The third-order valence-electron chi connectivity index (χ3n) is 3.94. The summed E-state index contributed by atoms with van der Waals surface area (Å²) in [5.74, 6) is 0.361. The molecule has 2 amide bonds. The molecule has 0 radical (unpaired) electrons. The molecule has 0 spiro atoms. The highest BCUT2D eigenvalue weighted by atomic mass is 35.5. The predicted molar refractivity (Wildman–Crippen MR) is 109 cm³/mol. The quantitative estimate of drug-likeness (QED) is 0.820. The molecular formula is C19H18ClN3O3S. The first-order valence-electron chi connectivity index (χ1n) is 8.18. The second kappa shape index (κ2) is 8.45. The van der Waals surface area contributed by atoms with E-state index in [2.05, 4.69) is 10.3 Å². The Bertz CT molecular complexity index is 869. The zero-order valence-electron chi connectivity index (χ0n) is 14.8. The summed E-state index contributed by atoms with van der Waals surface area (Å²) in [6.07, 6.45) is 0.0676. The molecule has 1 fully saturated rings. The second-order valence-corrected chi connectivity index (χ2v) is 7.46. The van der Waals surface area contributed by atoms with Crippen LogP contribution in [0.5, 0.6) is 5.75 Å². The molecule has 3 rings (SSSR count). The maximum atomic E-state index is 12.4. The standard InChI is InChI=1S/C19H18ClN3O3S/c1-23-18(25)16(11-17(24)21-13-5-3-12(20)4-6-13)27-19(23)22-14-7-9-15(26-2)10-8-14/h3-10,16H,11H2,1-2H3,(H,21,24). The molecule has 1 N–H and O–H groups in total. The first-order chi connectivity index (χ1) is 13.0. The van der Waals surface area contributed by atoms with E-state index in [1.165, 1.54) is 16.7 Å². The van der Waals surface area contributed by atoms with Crippen molar-refractivity contribution in [3.63, 3.8) is 0 Å². The van der Waals surface area contributed by atoms with Gasteiger partial charge in [-0.3, -0.25) is 14.5 Å². The SMILES string of the molecule is COc1ccc(N=C2SC(CC(=O)Nc3ccc(Cl)cc3)C(=O)N2C)cc1. The van der Waals surface area contributed by atoms with E-state index in [4.69, 9.17) is 16.3 Å². The number of aliphatic imine (C=N–C) groups is 1. The summed E-state index contributed by atoms with van der Waals surface area (Å²) >= 11 is 7.12.